The van der Waals surface area contributed by atoms with Crippen molar-refractivity contribution < 1.29 is 13.2 Å². The topological polar surface area (TPSA) is 66.5 Å². The lowest BCUT2D eigenvalue weighted by Gasteiger charge is -2.19. The van der Waals surface area contributed by atoms with Gasteiger partial charge in [0, 0.05) is 23.2 Å². The maximum atomic E-state index is 12.8. The molecule has 7 heteroatoms. The molecule has 0 aliphatic rings. The standard InChI is InChI=1S/C21H20N2O3S2/c1-23(18-8-4-3-5-9-18)28(25,26)20-13-11-16(12-14-20)21(24)22-17-7-6-10-19(15-17)27-2/h3-15H,1-2H3,(H,22,24). The Hall–Kier alpha value is -2.77. The van der Waals surface area contributed by atoms with Crippen LogP contribution in [0.2, 0.25) is 0 Å². The number of para-hydroxylation sites is 1. The molecule has 0 atom stereocenters. The van der Waals surface area contributed by atoms with Gasteiger partial charge < -0.3 is 5.32 Å². The molecular weight excluding hydrogens is 392 g/mol. The van der Waals surface area contributed by atoms with Gasteiger partial charge in [-0.2, -0.15) is 0 Å². The number of anilines is 2. The average molecular weight is 413 g/mol. The second-order valence-electron chi connectivity index (χ2n) is 6.02. The molecule has 0 bridgehead atoms. The first-order chi connectivity index (χ1) is 13.4. The van der Waals surface area contributed by atoms with Crippen molar-refractivity contribution >= 4 is 39.1 Å². The van der Waals surface area contributed by atoms with Gasteiger partial charge in [0.05, 0.1) is 10.6 Å². The number of hydrogen-bond acceptors (Lipinski definition) is 4. The molecule has 0 fully saturated rings. The number of sulfonamides is 1. The van der Waals surface area contributed by atoms with Crippen molar-refractivity contribution in [2.24, 2.45) is 0 Å². The van der Waals surface area contributed by atoms with Crippen LogP contribution in [0.1, 0.15) is 10.4 Å². The van der Waals surface area contributed by atoms with E-state index >= 15 is 0 Å². The zero-order valence-corrected chi connectivity index (χ0v) is 17.1. The molecule has 0 saturated heterocycles. The van der Waals surface area contributed by atoms with Crippen molar-refractivity contribution in [2.75, 3.05) is 22.9 Å². The van der Waals surface area contributed by atoms with Gasteiger partial charge in [-0.15, -0.1) is 11.8 Å². The Morgan fingerprint density at radius 2 is 1.61 bits per heavy atom. The Bertz CT molecular complexity index is 1070. The molecule has 0 aliphatic heterocycles. The molecule has 1 N–H and O–H groups in total. The van der Waals surface area contributed by atoms with Gasteiger partial charge in [0.15, 0.2) is 0 Å². The van der Waals surface area contributed by atoms with Crippen molar-refractivity contribution in [1.29, 1.82) is 0 Å². The number of thioether (sulfide) groups is 1. The normalized spacial score (nSPS) is 11.1. The van der Waals surface area contributed by atoms with Gasteiger partial charge in [-0.25, -0.2) is 8.42 Å². The lowest BCUT2D eigenvalue weighted by molar-refractivity contribution is 0.102. The van der Waals surface area contributed by atoms with Crippen LogP contribution in [0.5, 0.6) is 0 Å². The number of hydrogen-bond donors (Lipinski definition) is 1. The van der Waals surface area contributed by atoms with Gasteiger partial charge in [0.2, 0.25) is 0 Å². The minimum Gasteiger partial charge on any atom is -0.322 e. The number of nitrogens with one attached hydrogen (secondary N) is 1. The second kappa shape index (κ2) is 8.50. The third-order valence-corrected chi connectivity index (χ3v) is 6.75. The highest BCUT2D eigenvalue weighted by Gasteiger charge is 2.21. The lowest BCUT2D eigenvalue weighted by atomic mass is 10.2. The molecule has 0 heterocycles. The van der Waals surface area contributed by atoms with Crippen molar-refractivity contribution in [3.8, 4) is 0 Å². The molecule has 0 aromatic heterocycles. The highest BCUT2D eigenvalue weighted by atomic mass is 32.2. The predicted molar refractivity (Wildman–Crippen MR) is 115 cm³/mol. The summed E-state index contributed by atoms with van der Waals surface area (Å²) < 4.78 is 26.8. The largest absolute Gasteiger partial charge is 0.322 e. The number of nitrogens with zero attached hydrogens (tertiary/aromatic N) is 1. The molecule has 0 spiro atoms. The first-order valence-corrected chi connectivity index (χ1v) is 11.2. The van der Waals surface area contributed by atoms with Gasteiger partial charge in [-0.3, -0.25) is 9.10 Å². The molecule has 0 aliphatic carbocycles. The summed E-state index contributed by atoms with van der Waals surface area (Å²) in [5.74, 6) is -0.293. The zero-order valence-electron chi connectivity index (χ0n) is 15.5. The molecule has 28 heavy (non-hydrogen) atoms. The number of rotatable bonds is 6. The summed E-state index contributed by atoms with van der Waals surface area (Å²) in [5.41, 5.74) is 1.64. The molecule has 0 radical (unpaired) electrons. The van der Waals surface area contributed by atoms with Crippen molar-refractivity contribution in [2.45, 2.75) is 9.79 Å². The van der Waals surface area contributed by atoms with Gasteiger partial charge >= 0.3 is 0 Å². The van der Waals surface area contributed by atoms with E-state index in [1.54, 1.807) is 36.0 Å². The summed E-state index contributed by atoms with van der Waals surface area (Å²) in [5, 5.41) is 2.83. The molecule has 5 nitrogen and oxygen atoms in total. The third kappa shape index (κ3) is 4.37. The van der Waals surface area contributed by atoms with Crippen LogP contribution in [0.25, 0.3) is 0 Å². The van der Waals surface area contributed by atoms with Crippen LogP contribution < -0.4 is 9.62 Å². The summed E-state index contributed by atoms with van der Waals surface area (Å²) in [4.78, 5) is 13.6. The number of amides is 1. The fraction of sp³-hybridized carbons (Fsp3) is 0.0952. The molecule has 0 unspecified atom stereocenters. The molecule has 1 amide bonds. The summed E-state index contributed by atoms with van der Waals surface area (Å²) in [7, 11) is -2.20. The van der Waals surface area contributed by atoms with E-state index in [1.807, 2.05) is 36.6 Å². The molecule has 3 aromatic carbocycles. The second-order valence-corrected chi connectivity index (χ2v) is 8.87. The summed E-state index contributed by atoms with van der Waals surface area (Å²) in [6, 6.07) is 22.3. The van der Waals surface area contributed by atoms with Gasteiger partial charge in [0.1, 0.15) is 0 Å². The SMILES string of the molecule is CSc1cccc(NC(=O)c2ccc(S(=O)(=O)N(C)c3ccccc3)cc2)c1. The summed E-state index contributed by atoms with van der Waals surface area (Å²) in [6.45, 7) is 0. The molecule has 144 valence electrons. The van der Waals surface area contributed by atoms with Crippen LogP contribution in [0.4, 0.5) is 11.4 Å². The van der Waals surface area contributed by atoms with Crippen molar-refractivity contribution in [3.05, 3.63) is 84.4 Å². The summed E-state index contributed by atoms with van der Waals surface area (Å²) in [6.07, 6.45) is 1.96. The van der Waals surface area contributed by atoms with E-state index < -0.39 is 10.0 Å². The maximum Gasteiger partial charge on any atom is 0.264 e. The van der Waals surface area contributed by atoms with Crippen LogP contribution >= 0.6 is 11.8 Å². The Labute approximate surface area is 169 Å². The minimum absolute atomic E-state index is 0.125. The highest BCUT2D eigenvalue weighted by Crippen LogP contribution is 2.23. The third-order valence-electron chi connectivity index (χ3n) is 4.22. The number of benzene rings is 3. The molecule has 3 aromatic rings. The Balaban J connectivity index is 1.78. The Kier molecular flexibility index (Phi) is 6.06. The fourth-order valence-electron chi connectivity index (χ4n) is 2.62. The maximum absolute atomic E-state index is 12.8. The number of carbonyl (C=O) groups is 1. The lowest BCUT2D eigenvalue weighted by Crippen LogP contribution is -2.26. The average Bonchev–Trinajstić information content (AvgIpc) is 2.74. The molecule has 0 saturated carbocycles. The smallest absolute Gasteiger partial charge is 0.264 e. The number of carbonyl (C=O) groups excluding carboxylic acids is 1. The van der Waals surface area contributed by atoms with E-state index in [9.17, 15) is 13.2 Å². The van der Waals surface area contributed by atoms with Gasteiger partial charge in [-0.1, -0.05) is 24.3 Å². The van der Waals surface area contributed by atoms with Crippen LogP contribution in [0.15, 0.2) is 88.7 Å². The van der Waals surface area contributed by atoms with E-state index in [1.165, 1.54) is 35.6 Å². The van der Waals surface area contributed by atoms with Gasteiger partial charge in [0.25, 0.3) is 15.9 Å². The zero-order chi connectivity index (χ0) is 20.1. The Morgan fingerprint density at radius 3 is 2.25 bits per heavy atom. The fourth-order valence-corrected chi connectivity index (χ4v) is 4.27. The Morgan fingerprint density at radius 1 is 0.929 bits per heavy atom. The van der Waals surface area contributed by atoms with Crippen molar-refractivity contribution in [1.82, 2.24) is 0 Å². The summed E-state index contributed by atoms with van der Waals surface area (Å²) >= 11 is 1.59. The van der Waals surface area contributed by atoms with E-state index in [4.69, 9.17) is 0 Å². The minimum atomic E-state index is -3.70. The first kappa shape index (κ1) is 20.0. The van der Waals surface area contributed by atoms with Crippen LogP contribution in [-0.2, 0) is 10.0 Å². The van der Waals surface area contributed by atoms with Crippen LogP contribution in [0.3, 0.4) is 0 Å². The monoisotopic (exact) mass is 412 g/mol. The quantitative estimate of drug-likeness (QED) is 0.606. The van der Waals surface area contributed by atoms with E-state index in [2.05, 4.69) is 5.32 Å². The van der Waals surface area contributed by atoms with E-state index in [0.29, 0.717) is 16.9 Å². The van der Waals surface area contributed by atoms with Crippen molar-refractivity contribution in [3.63, 3.8) is 0 Å². The first-order valence-electron chi connectivity index (χ1n) is 8.51. The molecule has 3 rings (SSSR count). The van der Waals surface area contributed by atoms with Crippen LogP contribution in [0, 0.1) is 0 Å². The van der Waals surface area contributed by atoms with Gasteiger partial charge in [-0.05, 0) is 60.9 Å². The van der Waals surface area contributed by atoms with E-state index in [-0.39, 0.29) is 10.8 Å². The molecular formula is C21H20N2O3S2. The van der Waals surface area contributed by atoms with E-state index in [0.717, 1.165) is 4.90 Å². The highest BCUT2D eigenvalue weighted by molar-refractivity contribution is 7.98. The predicted octanol–water partition coefficient (Wildman–Crippen LogP) is 4.49. The van der Waals surface area contributed by atoms with Crippen LogP contribution in [-0.4, -0.2) is 27.6 Å².